The second kappa shape index (κ2) is 6.79. The number of methoxy groups -OCH3 is 1. The van der Waals surface area contributed by atoms with Gasteiger partial charge in [0.2, 0.25) is 5.91 Å². The first-order valence-electron chi connectivity index (χ1n) is 7.21. The van der Waals surface area contributed by atoms with Gasteiger partial charge in [-0.05, 0) is 31.0 Å². The van der Waals surface area contributed by atoms with Gasteiger partial charge in [-0.15, -0.1) is 0 Å². The molecule has 2 unspecified atom stereocenters. The van der Waals surface area contributed by atoms with Crippen LogP contribution in [0.3, 0.4) is 0 Å². The number of benzene rings is 1. The Morgan fingerprint density at radius 3 is 2.86 bits per heavy atom. The van der Waals surface area contributed by atoms with Crippen LogP contribution in [0.25, 0.3) is 0 Å². The highest BCUT2D eigenvalue weighted by Crippen LogP contribution is 2.29. The van der Waals surface area contributed by atoms with E-state index in [-0.39, 0.29) is 18.2 Å². The van der Waals surface area contributed by atoms with Crippen LogP contribution in [0.1, 0.15) is 25.3 Å². The number of carbonyl (C=O) groups is 2. The Bertz CT molecular complexity index is 553. The number of amides is 1. The molecule has 0 aliphatic carbocycles. The molecule has 1 aromatic rings. The third kappa shape index (κ3) is 3.76. The second-order valence-electron chi connectivity index (χ2n) is 5.68. The SMILES string of the molecule is COc1cccc(C(C)(CC(=O)O)NC(=O)C2CCOC2)c1. The molecule has 0 bridgehead atoms. The van der Waals surface area contributed by atoms with Crippen molar-refractivity contribution in [1.29, 1.82) is 0 Å². The number of ether oxygens (including phenoxy) is 2. The fourth-order valence-electron chi connectivity index (χ4n) is 2.60. The van der Waals surface area contributed by atoms with Gasteiger partial charge < -0.3 is 19.9 Å². The number of nitrogens with one attached hydrogen (secondary N) is 1. The van der Waals surface area contributed by atoms with Gasteiger partial charge >= 0.3 is 5.97 Å². The summed E-state index contributed by atoms with van der Waals surface area (Å²) in [6, 6.07) is 7.08. The molecule has 6 heteroatoms. The van der Waals surface area contributed by atoms with Gasteiger partial charge in [-0.25, -0.2) is 0 Å². The third-order valence-electron chi connectivity index (χ3n) is 3.91. The van der Waals surface area contributed by atoms with Gasteiger partial charge in [0.1, 0.15) is 5.75 Å². The molecule has 0 spiro atoms. The number of carboxylic acids is 1. The normalized spacial score (nSPS) is 20.2. The molecule has 6 nitrogen and oxygen atoms in total. The van der Waals surface area contributed by atoms with Crippen LogP contribution in [0.2, 0.25) is 0 Å². The third-order valence-corrected chi connectivity index (χ3v) is 3.91. The molecule has 2 rings (SSSR count). The summed E-state index contributed by atoms with van der Waals surface area (Å²) in [7, 11) is 1.54. The van der Waals surface area contributed by atoms with Gasteiger partial charge in [-0.2, -0.15) is 0 Å². The number of hydrogen-bond acceptors (Lipinski definition) is 4. The molecule has 0 aromatic heterocycles. The minimum Gasteiger partial charge on any atom is -0.497 e. The van der Waals surface area contributed by atoms with E-state index >= 15 is 0 Å². The molecular formula is C16H21NO5. The lowest BCUT2D eigenvalue weighted by atomic mass is 9.87. The Labute approximate surface area is 129 Å². The van der Waals surface area contributed by atoms with E-state index in [0.29, 0.717) is 30.9 Å². The molecule has 1 aliphatic rings. The van der Waals surface area contributed by atoms with Crippen LogP contribution in [0, 0.1) is 5.92 Å². The van der Waals surface area contributed by atoms with Crippen LogP contribution in [-0.2, 0) is 19.9 Å². The Hall–Kier alpha value is -2.08. The molecule has 120 valence electrons. The lowest BCUT2D eigenvalue weighted by Crippen LogP contribution is -2.47. The Morgan fingerprint density at radius 1 is 1.50 bits per heavy atom. The van der Waals surface area contributed by atoms with Crippen LogP contribution < -0.4 is 10.1 Å². The zero-order valence-electron chi connectivity index (χ0n) is 12.8. The van der Waals surface area contributed by atoms with E-state index in [2.05, 4.69) is 5.32 Å². The van der Waals surface area contributed by atoms with Gasteiger partial charge in [0.15, 0.2) is 0 Å². The van der Waals surface area contributed by atoms with Crippen molar-refractivity contribution in [3.05, 3.63) is 29.8 Å². The van der Waals surface area contributed by atoms with Gasteiger partial charge in [0.05, 0.1) is 31.6 Å². The Kier molecular flexibility index (Phi) is 5.03. The van der Waals surface area contributed by atoms with E-state index in [1.807, 2.05) is 0 Å². The first-order valence-corrected chi connectivity index (χ1v) is 7.21. The fourth-order valence-corrected chi connectivity index (χ4v) is 2.60. The van der Waals surface area contributed by atoms with E-state index in [1.54, 1.807) is 38.3 Å². The maximum atomic E-state index is 12.4. The van der Waals surface area contributed by atoms with Crippen molar-refractivity contribution < 1.29 is 24.2 Å². The second-order valence-corrected chi connectivity index (χ2v) is 5.68. The number of carbonyl (C=O) groups excluding carboxylic acids is 1. The number of aliphatic carboxylic acids is 1. The first-order chi connectivity index (χ1) is 10.4. The van der Waals surface area contributed by atoms with Crippen molar-refractivity contribution in [3.63, 3.8) is 0 Å². The Balaban J connectivity index is 2.25. The topological polar surface area (TPSA) is 84.9 Å². The van der Waals surface area contributed by atoms with Crippen LogP contribution in [0.5, 0.6) is 5.75 Å². The summed E-state index contributed by atoms with van der Waals surface area (Å²) in [5.41, 5.74) is -0.304. The molecule has 22 heavy (non-hydrogen) atoms. The maximum Gasteiger partial charge on any atom is 0.306 e. The van der Waals surface area contributed by atoms with Gasteiger partial charge in [0.25, 0.3) is 0 Å². The molecule has 1 aliphatic heterocycles. The zero-order chi connectivity index (χ0) is 16.2. The summed E-state index contributed by atoms with van der Waals surface area (Å²) < 4.78 is 10.4. The number of rotatable bonds is 6. The fraction of sp³-hybridized carbons (Fsp3) is 0.500. The molecule has 2 atom stereocenters. The van der Waals surface area contributed by atoms with Crippen LogP contribution in [-0.4, -0.2) is 37.3 Å². The van der Waals surface area contributed by atoms with Crippen LogP contribution >= 0.6 is 0 Å². The van der Waals surface area contributed by atoms with E-state index < -0.39 is 11.5 Å². The monoisotopic (exact) mass is 307 g/mol. The molecule has 1 saturated heterocycles. The summed E-state index contributed by atoms with van der Waals surface area (Å²) in [4.78, 5) is 23.6. The number of hydrogen-bond donors (Lipinski definition) is 2. The van der Waals surface area contributed by atoms with Gasteiger partial charge in [0, 0.05) is 6.61 Å². The van der Waals surface area contributed by atoms with E-state index in [9.17, 15) is 14.7 Å². The largest absolute Gasteiger partial charge is 0.497 e. The minimum atomic E-state index is -1.000. The van der Waals surface area contributed by atoms with Crippen molar-refractivity contribution in [3.8, 4) is 5.75 Å². The summed E-state index contributed by atoms with van der Waals surface area (Å²) in [5.74, 6) is -0.761. The average molecular weight is 307 g/mol. The standard InChI is InChI=1S/C16H21NO5/c1-16(9-14(18)19,12-4-3-5-13(8-12)21-2)17-15(20)11-6-7-22-10-11/h3-5,8,11H,6-7,9-10H2,1-2H3,(H,17,20)(H,18,19). The van der Waals surface area contributed by atoms with Crippen LogP contribution in [0.15, 0.2) is 24.3 Å². The molecule has 0 saturated carbocycles. The number of carboxylic acid groups (broad SMARTS) is 1. The lowest BCUT2D eigenvalue weighted by molar-refractivity contribution is -0.139. The summed E-state index contributed by atoms with van der Waals surface area (Å²) in [5, 5.41) is 12.1. The molecule has 0 radical (unpaired) electrons. The smallest absolute Gasteiger partial charge is 0.306 e. The molecule has 1 amide bonds. The maximum absolute atomic E-state index is 12.4. The van der Waals surface area contributed by atoms with Gasteiger partial charge in [-0.1, -0.05) is 12.1 Å². The minimum absolute atomic E-state index is 0.177. The van der Waals surface area contributed by atoms with Crippen molar-refractivity contribution >= 4 is 11.9 Å². The molecule has 1 aromatic carbocycles. The molecule has 2 N–H and O–H groups in total. The zero-order valence-corrected chi connectivity index (χ0v) is 12.8. The van der Waals surface area contributed by atoms with Crippen molar-refractivity contribution in [2.24, 2.45) is 5.92 Å². The predicted octanol–water partition coefficient (Wildman–Crippen LogP) is 1.54. The highest BCUT2D eigenvalue weighted by molar-refractivity contribution is 5.81. The van der Waals surface area contributed by atoms with E-state index in [0.717, 1.165) is 0 Å². The highest BCUT2D eigenvalue weighted by Gasteiger charge is 2.35. The predicted molar refractivity (Wildman–Crippen MR) is 79.7 cm³/mol. The van der Waals surface area contributed by atoms with Crippen molar-refractivity contribution in [2.75, 3.05) is 20.3 Å². The van der Waals surface area contributed by atoms with Crippen molar-refractivity contribution in [1.82, 2.24) is 5.32 Å². The first kappa shape index (κ1) is 16.3. The molecule has 1 fully saturated rings. The van der Waals surface area contributed by atoms with E-state index in [1.165, 1.54) is 0 Å². The Morgan fingerprint density at radius 2 is 2.27 bits per heavy atom. The van der Waals surface area contributed by atoms with Gasteiger partial charge in [-0.3, -0.25) is 9.59 Å². The quantitative estimate of drug-likeness (QED) is 0.832. The average Bonchev–Trinajstić information content (AvgIpc) is 3.00. The summed E-state index contributed by atoms with van der Waals surface area (Å²) in [6.45, 7) is 2.66. The lowest BCUT2D eigenvalue weighted by Gasteiger charge is -2.31. The summed E-state index contributed by atoms with van der Waals surface area (Å²) >= 11 is 0. The van der Waals surface area contributed by atoms with Crippen LogP contribution in [0.4, 0.5) is 0 Å². The summed E-state index contributed by atoms with van der Waals surface area (Å²) in [6.07, 6.45) is 0.451. The molecule has 1 heterocycles. The molecular weight excluding hydrogens is 286 g/mol. The van der Waals surface area contributed by atoms with Crippen molar-refractivity contribution in [2.45, 2.75) is 25.3 Å². The highest BCUT2D eigenvalue weighted by atomic mass is 16.5. The van der Waals surface area contributed by atoms with E-state index in [4.69, 9.17) is 9.47 Å².